The lowest BCUT2D eigenvalue weighted by Crippen LogP contribution is -2.23. The van der Waals surface area contributed by atoms with Crippen LogP contribution in [-0.2, 0) is 9.22 Å². The molecule has 0 saturated heterocycles. The summed E-state index contributed by atoms with van der Waals surface area (Å²) in [4.78, 5) is 11.4. The average molecular weight is 198 g/mol. The molecule has 1 rings (SSSR count). The van der Waals surface area contributed by atoms with E-state index in [1.165, 1.54) is 0 Å². The standard InChI is InChI=1S/C10H18O2Si/c1-13(2,3)12-8-9-6-4-5-7-10(9)11/h8H,4-7H2,1-3H3. The average Bonchev–Trinajstić information content (AvgIpc) is 2.01. The largest absolute Gasteiger partial charge is 0.549 e. The molecule has 0 N–H and O–H groups in total. The quantitative estimate of drug-likeness (QED) is 0.387. The first-order valence-corrected chi connectivity index (χ1v) is 8.30. The summed E-state index contributed by atoms with van der Waals surface area (Å²) in [5.74, 6) is 0.282. The van der Waals surface area contributed by atoms with Crippen LogP contribution in [0.1, 0.15) is 25.7 Å². The zero-order valence-electron chi connectivity index (χ0n) is 8.72. The summed E-state index contributed by atoms with van der Waals surface area (Å²) in [5.41, 5.74) is 0.897. The highest BCUT2D eigenvalue weighted by atomic mass is 28.4. The van der Waals surface area contributed by atoms with Gasteiger partial charge >= 0.3 is 0 Å². The van der Waals surface area contributed by atoms with Crippen LogP contribution < -0.4 is 0 Å². The Balaban J connectivity index is 2.54. The molecule has 0 aromatic carbocycles. The van der Waals surface area contributed by atoms with Gasteiger partial charge in [0.2, 0.25) is 8.32 Å². The summed E-state index contributed by atoms with van der Waals surface area (Å²) >= 11 is 0. The fraction of sp³-hybridized carbons (Fsp3) is 0.700. The number of carbonyl (C=O) groups excluding carboxylic acids is 1. The van der Waals surface area contributed by atoms with E-state index in [1.54, 1.807) is 6.26 Å². The van der Waals surface area contributed by atoms with E-state index in [4.69, 9.17) is 4.43 Å². The third-order valence-electron chi connectivity index (χ3n) is 2.01. The summed E-state index contributed by atoms with van der Waals surface area (Å²) in [6, 6.07) is 0. The lowest BCUT2D eigenvalue weighted by molar-refractivity contribution is -0.116. The minimum atomic E-state index is -1.50. The molecule has 0 aliphatic heterocycles. The molecule has 0 spiro atoms. The van der Waals surface area contributed by atoms with Crippen LogP contribution in [0.2, 0.25) is 19.6 Å². The van der Waals surface area contributed by atoms with Gasteiger partial charge in [0.15, 0.2) is 5.78 Å². The van der Waals surface area contributed by atoms with Gasteiger partial charge in [0.25, 0.3) is 0 Å². The first-order valence-electron chi connectivity index (χ1n) is 4.89. The molecule has 0 heterocycles. The van der Waals surface area contributed by atoms with E-state index in [2.05, 4.69) is 19.6 Å². The molecule has 0 atom stereocenters. The Kier molecular flexibility index (Phi) is 3.31. The minimum Gasteiger partial charge on any atom is -0.549 e. The SMILES string of the molecule is C[Si](C)(C)OC=C1CCCCC1=O. The van der Waals surface area contributed by atoms with Crippen molar-refractivity contribution in [2.75, 3.05) is 0 Å². The number of Topliss-reactive ketones (excluding diaryl/α,β-unsaturated/α-hetero) is 1. The summed E-state index contributed by atoms with van der Waals surface area (Å²) in [6.45, 7) is 6.37. The molecule has 1 saturated carbocycles. The molecule has 2 nitrogen and oxygen atoms in total. The molecule has 1 aliphatic carbocycles. The molecule has 0 aromatic rings. The highest BCUT2D eigenvalue weighted by molar-refractivity contribution is 6.69. The van der Waals surface area contributed by atoms with Gasteiger partial charge in [-0.05, 0) is 38.9 Å². The van der Waals surface area contributed by atoms with Crippen molar-refractivity contribution in [3.63, 3.8) is 0 Å². The zero-order valence-corrected chi connectivity index (χ0v) is 9.72. The van der Waals surface area contributed by atoms with Crippen LogP contribution in [0.5, 0.6) is 0 Å². The lowest BCUT2D eigenvalue weighted by atomic mass is 9.95. The van der Waals surface area contributed by atoms with Gasteiger partial charge in [-0.1, -0.05) is 0 Å². The number of hydrogen-bond donors (Lipinski definition) is 0. The number of allylic oxidation sites excluding steroid dienone is 1. The van der Waals surface area contributed by atoms with Crippen LogP contribution >= 0.6 is 0 Å². The molecule has 1 fully saturated rings. The predicted molar refractivity (Wildman–Crippen MR) is 56.0 cm³/mol. The molecule has 0 aromatic heterocycles. The van der Waals surface area contributed by atoms with Crippen LogP contribution in [0.3, 0.4) is 0 Å². The number of ketones is 1. The lowest BCUT2D eigenvalue weighted by Gasteiger charge is -2.18. The van der Waals surface area contributed by atoms with E-state index in [-0.39, 0.29) is 5.78 Å². The van der Waals surface area contributed by atoms with Gasteiger partial charge in [-0.25, -0.2) is 0 Å². The minimum absolute atomic E-state index is 0.282. The fourth-order valence-electron chi connectivity index (χ4n) is 1.27. The van der Waals surface area contributed by atoms with Gasteiger partial charge in [-0.2, -0.15) is 0 Å². The Labute approximate surface area is 81.1 Å². The fourth-order valence-corrected chi connectivity index (χ4v) is 1.77. The van der Waals surface area contributed by atoms with E-state index < -0.39 is 8.32 Å². The van der Waals surface area contributed by atoms with Crippen molar-refractivity contribution in [1.29, 1.82) is 0 Å². The van der Waals surface area contributed by atoms with Gasteiger partial charge in [-0.15, -0.1) is 0 Å². The van der Waals surface area contributed by atoms with Gasteiger partial charge < -0.3 is 4.43 Å². The first-order chi connectivity index (χ1) is 5.99. The zero-order chi connectivity index (χ0) is 9.90. The van der Waals surface area contributed by atoms with Crippen LogP contribution in [0.15, 0.2) is 11.8 Å². The summed E-state index contributed by atoms with van der Waals surface area (Å²) < 4.78 is 5.60. The van der Waals surface area contributed by atoms with Crippen molar-refractivity contribution >= 4 is 14.1 Å². The van der Waals surface area contributed by atoms with Gasteiger partial charge in [0, 0.05) is 12.0 Å². The molecule has 0 unspecified atom stereocenters. The maximum Gasteiger partial charge on any atom is 0.241 e. The highest BCUT2D eigenvalue weighted by Gasteiger charge is 2.18. The smallest absolute Gasteiger partial charge is 0.241 e. The van der Waals surface area contributed by atoms with Crippen molar-refractivity contribution in [1.82, 2.24) is 0 Å². The second-order valence-electron chi connectivity index (χ2n) is 4.50. The van der Waals surface area contributed by atoms with E-state index in [9.17, 15) is 4.79 Å². The van der Waals surface area contributed by atoms with Crippen LogP contribution in [0.25, 0.3) is 0 Å². The Morgan fingerprint density at radius 2 is 1.85 bits per heavy atom. The van der Waals surface area contributed by atoms with E-state index in [1.807, 2.05) is 0 Å². The van der Waals surface area contributed by atoms with Crippen LogP contribution in [0.4, 0.5) is 0 Å². The van der Waals surface area contributed by atoms with Crippen molar-refractivity contribution in [2.24, 2.45) is 0 Å². The Bertz CT molecular complexity index is 226. The van der Waals surface area contributed by atoms with Crippen molar-refractivity contribution in [3.05, 3.63) is 11.8 Å². The third kappa shape index (κ3) is 3.76. The topological polar surface area (TPSA) is 26.3 Å². The Hall–Kier alpha value is -0.573. The van der Waals surface area contributed by atoms with E-state index in [0.29, 0.717) is 6.42 Å². The number of carbonyl (C=O) groups is 1. The molecule has 13 heavy (non-hydrogen) atoms. The third-order valence-corrected chi connectivity index (χ3v) is 2.84. The normalized spacial score (nSPS) is 22.1. The molecule has 0 radical (unpaired) electrons. The van der Waals surface area contributed by atoms with Crippen molar-refractivity contribution < 1.29 is 9.22 Å². The summed E-state index contributed by atoms with van der Waals surface area (Å²) in [6.07, 6.45) is 5.51. The molecule has 3 heteroatoms. The van der Waals surface area contributed by atoms with Crippen molar-refractivity contribution in [3.8, 4) is 0 Å². The second-order valence-corrected chi connectivity index (χ2v) is 8.96. The van der Waals surface area contributed by atoms with Gasteiger partial charge in [-0.3, -0.25) is 4.79 Å². The Morgan fingerprint density at radius 1 is 1.23 bits per heavy atom. The maximum atomic E-state index is 11.4. The van der Waals surface area contributed by atoms with Gasteiger partial charge in [0.1, 0.15) is 0 Å². The molecule has 1 aliphatic rings. The summed E-state index contributed by atoms with van der Waals surface area (Å²) in [5, 5.41) is 0. The van der Waals surface area contributed by atoms with Crippen LogP contribution in [0, 0.1) is 0 Å². The van der Waals surface area contributed by atoms with E-state index in [0.717, 1.165) is 24.8 Å². The van der Waals surface area contributed by atoms with E-state index >= 15 is 0 Å². The number of rotatable bonds is 2. The summed E-state index contributed by atoms with van der Waals surface area (Å²) in [7, 11) is -1.50. The highest BCUT2D eigenvalue weighted by Crippen LogP contribution is 2.20. The molecule has 74 valence electrons. The Morgan fingerprint density at radius 3 is 2.38 bits per heavy atom. The van der Waals surface area contributed by atoms with Crippen molar-refractivity contribution in [2.45, 2.75) is 45.3 Å². The molecular formula is C10H18O2Si. The molecule has 0 bridgehead atoms. The van der Waals surface area contributed by atoms with Gasteiger partial charge in [0.05, 0.1) is 6.26 Å². The predicted octanol–water partition coefficient (Wildman–Crippen LogP) is 2.86. The molecule has 0 amide bonds. The van der Waals surface area contributed by atoms with Crippen LogP contribution in [-0.4, -0.2) is 14.1 Å². The monoisotopic (exact) mass is 198 g/mol. The maximum absolute atomic E-state index is 11.4. The second kappa shape index (κ2) is 4.09. The molecular weight excluding hydrogens is 180 g/mol. The first kappa shape index (κ1) is 10.5. The number of hydrogen-bond acceptors (Lipinski definition) is 2.